The van der Waals surface area contributed by atoms with E-state index in [0.717, 1.165) is 49.8 Å². The highest BCUT2D eigenvalue weighted by Crippen LogP contribution is 2.17. The molecular weight excluding hydrogens is 697 g/mol. The molecule has 0 heterocycles. The van der Waals surface area contributed by atoms with Crippen molar-refractivity contribution in [3.63, 3.8) is 0 Å². The van der Waals surface area contributed by atoms with Crippen molar-refractivity contribution in [3.05, 3.63) is 29.8 Å². The number of hydrogen-bond donors (Lipinski definition) is 0. The minimum Gasteiger partial charge on any atom is -0.497 e. The van der Waals surface area contributed by atoms with Gasteiger partial charge in [-0.1, -0.05) is 180 Å². The Labute approximate surface area is 335 Å². The van der Waals surface area contributed by atoms with E-state index in [1.165, 1.54) is 140 Å². The van der Waals surface area contributed by atoms with E-state index < -0.39 is 6.10 Å². The number of esters is 3. The van der Waals surface area contributed by atoms with Gasteiger partial charge in [-0.05, 0) is 30.5 Å². The molecule has 1 rings (SSSR count). The number of carbonyl (C=O) groups excluding carboxylic acids is 3. The molecule has 0 aliphatic heterocycles. The van der Waals surface area contributed by atoms with Crippen LogP contribution in [-0.4, -0.2) is 49.2 Å². The Bertz CT molecular complexity index is 1010. The number of unbranched alkanes of at least 4 members (excludes halogenated alkanes) is 24. The first-order valence-electron chi connectivity index (χ1n) is 22.2. The first-order chi connectivity index (χ1) is 26.5. The average molecular weight is 777 g/mol. The van der Waals surface area contributed by atoms with Crippen LogP contribution in [0.25, 0.3) is 0 Å². The van der Waals surface area contributed by atoms with Crippen molar-refractivity contribution in [2.75, 3.05) is 25.2 Å². The fourth-order valence-corrected chi connectivity index (χ4v) is 7.43. The van der Waals surface area contributed by atoms with E-state index in [1.54, 1.807) is 7.11 Å². The molecule has 312 valence electrons. The molecule has 0 aromatic heterocycles. The zero-order valence-electron chi connectivity index (χ0n) is 35.0. The van der Waals surface area contributed by atoms with Gasteiger partial charge in [0, 0.05) is 24.3 Å². The van der Waals surface area contributed by atoms with Crippen LogP contribution in [0.2, 0.25) is 0 Å². The third kappa shape index (κ3) is 32.1. The summed E-state index contributed by atoms with van der Waals surface area (Å²) in [6.45, 7) is 4.79. The van der Waals surface area contributed by atoms with E-state index in [1.807, 2.05) is 24.3 Å². The normalized spacial score (nSPS) is 11.7. The van der Waals surface area contributed by atoms with Crippen LogP contribution in [-0.2, 0) is 35.2 Å². The van der Waals surface area contributed by atoms with Crippen LogP contribution >= 0.6 is 11.8 Å². The molecule has 0 fully saturated rings. The molecule has 0 saturated carbocycles. The lowest BCUT2D eigenvalue weighted by Crippen LogP contribution is -2.27. The number of thioether (sulfide) groups is 1. The number of methoxy groups -OCH3 is 1. The molecule has 8 heteroatoms. The lowest BCUT2D eigenvalue weighted by Gasteiger charge is -2.18. The van der Waals surface area contributed by atoms with Gasteiger partial charge in [0.2, 0.25) is 0 Å². The summed E-state index contributed by atoms with van der Waals surface area (Å²) in [4.78, 5) is 37.6. The second-order valence-corrected chi connectivity index (χ2v) is 16.3. The van der Waals surface area contributed by atoms with Crippen LogP contribution < -0.4 is 4.74 Å². The van der Waals surface area contributed by atoms with E-state index >= 15 is 0 Å². The molecule has 0 N–H and O–H groups in total. The SMILES string of the molecule is CCCCCCCCCCCCCCCC(=O)OCC(CSCCC(=O)OCc1ccc(OC)cc1)OC(=O)CCCCCCCCCCCCCCC. The van der Waals surface area contributed by atoms with Crippen LogP contribution in [0, 0.1) is 0 Å². The van der Waals surface area contributed by atoms with Crippen LogP contribution in [0.4, 0.5) is 0 Å². The quantitative estimate of drug-likeness (QED) is 0.0371. The fraction of sp³-hybridized carbons (Fsp3) is 0.804. The molecule has 0 radical (unpaired) electrons. The maximum absolute atomic E-state index is 12.8. The number of benzene rings is 1. The van der Waals surface area contributed by atoms with Gasteiger partial charge in [0.15, 0.2) is 0 Å². The molecule has 54 heavy (non-hydrogen) atoms. The first kappa shape index (κ1) is 49.8. The largest absolute Gasteiger partial charge is 0.497 e. The Hall–Kier alpha value is -2.22. The van der Waals surface area contributed by atoms with Crippen molar-refractivity contribution in [2.45, 2.75) is 213 Å². The Morgan fingerprint density at radius 2 is 0.926 bits per heavy atom. The highest BCUT2D eigenvalue weighted by atomic mass is 32.2. The third-order valence-corrected chi connectivity index (χ3v) is 11.1. The van der Waals surface area contributed by atoms with E-state index in [0.29, 0.717) is 24.3 Å². The molecule has 0 aliphatic rings. The Kier molecular flexibility index (Phi) is 34.8. The Balaban J connectivity index is 2.30. The monoisotopic (exact) mass is 777 g/mol. The molecule has 1 unspecified atom stereocenters. The predicted octanol–water partition coefficient (Wildman–Crippen LogP) is 13.3. The molecule has 0 saturated heterocycles. The van der Waals surface area contributed by atoms with E-state index in [2.05, 4.69) is 13.8 Å². The fourth-order valence-electron chi connectivity index (χ4n) is 6.52. The molecule has 0 amide bonds. The summed E-state index contributed by atoms with van der Waals surface area (Å²) in [6.07, 6.45) is 33.2. The van der Waals surface area contributed by atoms with Crippen LogP contribution in [0.5, 0.6) is 5.75 Å². The zero-order valence-corrected chi connectivity index (χ0v) is 35.8. The first-order valence-corrected chi connectivity index (χ1v) is 23.3. The maximum Gasteiger partial charge on any atom is 0.306 e. The van der Waals surface area contributed by atoms with Crippen molar-refractivity contribution >= 4 is 29.7 Å². The summed E-state index contributed by atoms with van der Waals surface area (Å²) >= 11 is 1.51. The third-order valence-electron chi connectivity index (χ3n) is 10.0. The minimum absolute atomic E-state index is 0.0521. The predicted molar refractivity (Wildman–Crippen MR) is 226 cm³/mol. The van der Waals surface area contributed by atoms with Crippen molar-refractivity contribution in [1.29, 1.82) is 0 Å². The number of hydrogen-bond acceptors (Lipinski definition) is 8. The molecule has 0 spiro atoms. The summed E-state index contributed by atoms with van der Waals surface area (Å²) in [5.74, 6) is 0.992. The molecule has 1 aromatic carbocycles. The summed E-state index contributed by atoms with van der Waals surface area (Å²) in [5.41, 5.74) is 0.896. The maximum atomic E-state index is 12.8. The summed E-state index contributed by atoms with van der Waals surface area (Å²) in [6, 6.07) is 7.42. The Morgan fingerprint density at radius 3 is 1.37 bits per heavy atom. The minimum atomic E-state index is -0.532. The van der Waals surface area contributed by atoms with Crippen molar-refractivity contribution in [1.82, 2.24) is 0 Å². The zero-order chi connectivity index (χ0) is 39.2. The van der Waals surface area contributed by atoms with Gasteiger partial charge in [0.05, 0.1) is 13.5 Å². The topological polar surface area (TPSA) is 88.1 Å². The lowest BCUT2D eigenvalue weighted by molar-refractivity contribution is -0.157. The number of rotatable bonds is 39. The molecular formula is C46H80O7S. The molecule has 0 aliphatic carbocycles. The number of ether oxygens (including phenoxy) is 4. The molecule has 1 atom stereocenters. The average Bonchev–Trinajstić information content (AvgIpc) is 3.18. The van der Waals surface area contributed by atoms with Gasteiger partial charge in [-0.2, -0.15) is 11.8 Å². The van der Waals surface area contributed by atoms with Crippen molar-refractivity contribution in [3.8, 4) is 5.75 Å². The summed E-state index contributed by atoms with van der Waals surface area (Å²) in [7, 11) is 1.61. The summed E-state index contributed by atoms with van der Waals surface area (Å²) < 4.78 is 22.0. The van der Waals surface area contributed by atoms with Gasteiger partial charge in [-0.25, -0.2) is 0 Å². The van der Waals surface area contributed by atoms with Crippen LogP contribution in [0.3, 0.4) is 0 Å². The molecule has 1 aromatic rings. The van der Waals surface area contributed by atoms with E-state index in [9.17, 15) is 14.4 Å². The standard InChI is InChI=1S/C46H80O7S/c1-4-6-8-10-12-14-16-18-20-22-24-26-28-30-44(47)52-39-43(40-54-37-36-45(48)51-38-41-32-34-42(50-3)35-33-41)53-46(49)31-29-27-25-23-21-19-17-15-13-11-9-7-5-2/h32-35,43H,4-31,36-40H2,1-3H3. The molecule has 0 bridgehead atoms. The van der Waals surface area contributed by atoms with Gasteiger partial charge in [-0.15, -0.1) is 0 Å². The second kappa shape index (κ2) is 37.7. The van der Waals surface area contributed by atoms with Gasteiger partial charge in [0.25, 0.3) is 0 Å². The van der Waals surface area contributed by atoms with E-state index in [-0.39, 0.29) is 37.5 Å². The van der Waals surface area contributed by atoms with E-state index in [4.69, 9.17) is 18.9 Å². The second-order valence-electron chi connectivity index (χ2n) is 15.1. The van der Waals surface area contributed by atoms with Crippen molar-refractivity contribution < 1.29 is 33.3 Å². The van der Waals surface area contributed by atoms with Gasteiger partial charge < -0.3 is 18.9 Å². The Morgan fingerprint density at radius 1 is 0.519 bits per heavy atom. The smallest absolute Gasteiger partial charge is 0.306 e. The lowest BCUT2D eigenvalue weighted by atomic mass is 10.0. The van der Waals surface area contributed by atoms with Gasteiger partial charge in [-0.3, -0.25) is 14.4 Å². The van der Waals surface area contributed by atoms with Gasteiger partial charge in [0.1, 0.15) is 25.1 Å². The van der Waals surface area contributed by atoms with Crippen LogP contribution in [0.15, 0.2) is 24.3 Å². The summed E-state index contributed by atoms with van der Waals surface area (Å²) in [5, 5.41) is 0. The highest BCUT2D eigenvalue weighted by Gasteiger charge is 2.18. The highest BCUT2D eigenvalue weighted by molar-refractivity contribution is 7.99. The number of carbonyl (C=O) groups is 3. The van der Waals surface area contributed by atoms with Crippen LogP contribution in [0.1, 0.15) is 206 Å². The molecule has 7 nitrogen and oxygen atoms in total. The van der Waals surface area contributed by atoms with Crippen molar-refractivity contribution in [2.24, 2.45) is 0 Å². The van der Waals surface area contributed by atoms with Gasteiger partial charge >= 0.3 is 17.9 Å².